The minimum atomic E-state index is -1.58. The van der Waals surface area contributed by atoms with Crippen LogP contribution in [-0.2, 0) is 20.3 Å². The van der Waals surface area contributed by atoms with Gasteiger partial charge in [-0.2, -0.15) is 0 Å². The summed E-state index contributed by atoms with van der Waals surface area (Å²) in [6, 6.07) is 8.51. The molecule has 0 amide bonds. The van der Waals surface area contributed by atoms with Crippen LogP contribution in [-0.4, -0.2) is 34.3 Å². The Labute approximate surface area is 90.3 Å². The highest BCUT2D eigenvalue weighted by molar-refractivity contribution is 7.86. The van der Waals surface area contributed by atoms with E-state index in [1.807, 2.05) is 0 Å². The molecule has 0 aliphatic heterocycles. The molecule has 1 N–H and O–H groups in total. The van der Waals surface area contributed by atoms with Crippen LogP contribution in [0.2, 0.25) is 0 Å². The number of methoxy groups -OCH3 is 1. The van der Waals surface area contributed by atoms with Crippen molar-refractivity contribution in [3.8, 4) is 0 Å². The van der Waals surface area contributed by atoms with E-state index in [9.17, 15) is 9.00 Å². The molecule has 2 atom stereocenters. The van der Waals surface area contributed by atoms with Crippen LogP contribution in [0.15, 0.2) is 35.2 Å². The van der Waals surface area contributed by atoms with E-state index in [1.54, 1.807) is 30.3 Å². The van der Waals surface area contributed by atoms with Crippen LogP contribution in [0.25, 0.3) is 0 Å². The molecule has 0 aliphatic rings. The highest BCUT2D eigenvalue weighted by atomic mass is 32.2. The molecule has 5 heteroatoms. The molecule has 0 radical (unpaired) electrons. The van der Waals surface area contributed by atoms with Crippen molar-refractivity contribution in [2.75, 3.05) is 13.7 Å². The monoisotopic (exact) mass is 228 g/mol. The Morgan fingerprint density at radius 2 is 2.07 bits per heavy atom. The van der Waals surface area contributed by atoms with Gasteiger partial charge >= 0.3 is 5.97 Å². The normalized spacial score (nSPS) is 14.5. The van der Waals surface area contributed by atoms with Gasteiger partial charge in [0.15, 0.2) is 5.25 Å². The van der Waals surface area contributed by atoms with Gasteiger partial charge in [0, 0.05) is 12.0 Å². The van der Waals surface area contributed by atoms with E-state index in [0.717, 1.165) is 0 Å². The van der Waals surface area contributed by atoms with Crippen LogP contribution in [0.1, 0.15) is 0 Å². The first-order valence-electron chi connectivity index (χ1n) is 4.34. The Hall–Kier alpha value is -1.20. The van der Waals surface area contributed by atoms with Gasteiger partial charge in [0.1, 0.15) is 0 Å². The maximum Gasteiger partial charge on any atom is 0.322 e. The molecule has 1 aromatic rings. The summed E-state index contributed by atoms with van der Waals surface area (Å²) >= 11 is 0. The van der Waals surface area contributed by atoms with Gasteiger partial charge < -0.3 is 9.84 Å². The molecule has 0 aromatic heterocycles. The van der Waals surface area contributed by atoms with Crippen molar-refractivity contribution in [1.29, 1.82) is 0 Å². The second-order valence-electron chi connectivity index (χ2n) is 2.89. The van der Waals surface area contributed by atoms with Crippen molar-refractivity contribution < 1.29 is 18.8 Å². The molecule has 0 fully saturated rings. The highest BCUT2D eigenvalue weighted by Crippen LogP contribution is 2.11. The third-order valence-corrected chi connectivity index (χ3v) is 3.42. The number of carboxylic acids is 1. The number of ether oxygens (including phenoxy) is 1. The topological polar surface area (TPSA) is 63.6 Å². The largest absolute Gasteiger partial charge is 0.480 e. The molecular weight excluding hydrogens is 216 g/mol. The van der Waals surface area contributed by atoms with Gasteiger partial charge in [0.2, 0.25) is 0 Å². The fourth-order valence-corrected chi connectivity index (χ4v) is 2.29. The maximum absolute atomic E-state index is 11.8. The summed E-state index contributed by atoms with van der Waals surface area (Å²) in [6.45, 7) is -0.0587. The van der Waals surface area contributed by atoms with E-state index in [2.05, 4.69) is 0 Å². The van der Waals surface area contributed by atoms with Gasteiger partial charge in [-0.15, -0.1) is 0 Å². The number of carboxylic acid groups (broad SMARTS) is 1. The van der Waals surface area contributed by atoms with Gasteiger partial charge in [-0.05, 0) is 12.1 Å². The summed E-state index contributed by atoms with van der Waals surface area (Å²) in [7, 11) is -0.189. The molecule has 1 aromatic carbocycles. The van der Waals surface area contributed by atoms with Gasteiger partial charge in [0.25, 0.3) is 0 Å². The van der Waals surface area contributed by atoms with Gasteiger partial charge in [0.05, 0.1) is 17.4 Å². The fourth-order valence-electron chi connectivity index (χ4n) is 1.09. The molecule has 1 rings (SSSR count). The lowest BCUT2D eigenvalue weighted by Crippen LogP contribution is -2.30. The van der Waals surface area contributed by atoms with E-state index >= 15 is 0 Å². The van der Waals surface area contributed by atoms with Crippen molar-refractivity contribution in [3.05, 3.63) is 30.3 Å². The smallest absolute Gasteiger partial charge is 0.322 e. The molecule has 4 nitrogen and oxygen atoms in total. The molecule has 0 saturated carbocycles. The van der Waals surface area contributed by atoms with Gasteiger partial charge in [-0.1, -0.05) is 18.2 Å². The van der Waals surface area contributed by atoms with Crippen LogP contribution < -0.4 is 0 Å². The molecule has 82 valence electrons. The summed E-state index contributed by atoms with van der Waals surface area (Å²) in [5.41, 5.74) is 0. The number of aliphatic carboxylic acids is 1. The Balaban J connectivity index is 2.86. The minimum Gasteiger partial charge on any atom is -0.480 e. The van der Waals surface area contributed by atoms with Crippen molar-refractivity contribution in [3.63, 3.8) is 0 Å². The zero-order chi connectivity index (χ0) is 11.3. The van der Waals surface area contributed by atoms with Crippen LogP contribution in [0.4, 0.5) is 0 Å². The second kappa shape index (κ2) is 5.63. The second-order valence-corrected chi connectivity index (χ2v) is 4.53. The summed E-state index contributed by atoms with van der Waals surface area (Å²) in [5, 5.41) is 7.85. The predicted molar refractivity (Wildman–Crippen MR) is 56.2 cm³/mol. The Kier molecular flexibility index (Phi) is 4.45. The Bertz CT molecular complexity index is 350. The standard InChI is InChI=1S/C10H12O4S/c1-14-7-9(10(11)12)15(13)8-5-3-2-4-6-8/h2-6,9H,7H2,1H3,(H,11,12). The van der Waals surface area contributed by atoms with Crippen molar-refractivity contribution >= 4 is 16.8 Å². The summed E-state index contributed by atoms with van der Waals surface area (Å²) < 4.78 is 16.6. The molecule has 0 spiro atoms. The maximum atomic E-state index is 11.8. The third-order valence-electron chi connectivity index (χ3n) is 1.83. The number of rotatable bonds is 5. The lowest BCUT2D eigenvalue weighted by molar-refractivity contribution is -0.137. The van der Waals surface area contributed by atoms with E-state index in [4.69, 9.17) is 9.84 Å². The van der Waals surface area contributed by atoms with E-state index in [0.29, 0.717) is 4.90 Å². The zero-order valence-corrected chi connectivity index (χ0v) is 9.07. The highest BCUT2D eigenvalue weighted by Gasteiger charge is 2.25. The molecule has 2 unspecified atom stereocenters. The third kappa shape index (κ3) is 3.14. The van der Waals surface area contributed by atoms with Crippen LogP contribution in [0.3, 0.4) is 0 Å². The minimum absolute atomic E-state index is 0.0587. The first-order valence-corrected chi connectivity index (χ1v) is 5.55. The average Bonchev–Trinajstić information content (AvgIpc) is 2.26. The van der Waals surface area contributed by atoms with E-state index in [1.165, 1.54) is 7.11 Å². The number of hydrogen-bond acceptors (Lipinski definition) is 3. The van der Waals surface area contributed by atoms with Crippen molar-refractivity contribution in [2.24, 2.45) is 0 Å². The Morgan fingerprint density at radius 3 is 2.53 bits per heavy atom. The molecule has 0 saturated heterocycles. The van der Waals surface area contributed by atoms with E-state index < -0.39 is 22.0 Å². The number of carbonyl (C=O) groups is 1. The Morgan fingerprint density at radius 1 is 1.47 bits per heavy atom. The first-order chi connectivity index (χ1) is 7.16. The lowest BCUT2D eigenvalue weighted by Gasteiger charge is -2.10. The average molecular weight is 228 g/mol. The predicted octanol–water partition coefficient (Wildman–Crippen LogP) is 0.894. The fraction of sp³-hybridized carbons (Fsp3) is 0.300. The number of hydrogen-bond donors (Lipinski definition) is 1. The summed E-state index contributed by atoms with van der Waals surface area (Å²) in [6.07, 6.45) is 0. The molecular formula is C10H12O4S. The molecule has 0 heterocycles. The zero-order valence-electron chi connectivity index (χ0n) is 8.25. The van der Waals surface area contributed by atoms with Crippen LogP contribution in [0, 0.1) is 0 Å². The van der Waals surface area contributed by atoms with Gasteiger partial charge in [-0.3, -0.25) is 9.00 Å². The molecule has 15 heavy (non-hydrogen) atoms. The quantitative estimate of drug-likeness (QED) is 0.813. The number of benzene rings is 1. The van der Waals surface area contributed by atoms with E-state index in [-0.39, 0.29) is 6.61 Å². The first kappa shape index (κ1) is 11.9. The molecule has 0 aliphatic carbocycles. The lowest BCUT2D eigenvalue weighted by atomic mass is 10.4. The van der Waals surface area contributed by atoms with Crippen LogP contribution in [0.5, 0.6) is 0 Å². The summed E-state index contributed by atoms with van der Waals surface area (Å²) in [5.74, 6) is -1.11. The molecule has 0 bridgehead atoms. The summed E-state index contributed by atoms with van der Waals surface area (Å²) in [4.78, 5) is 11.3. The van der Waals surface area contributed by atoms with Crippen molar-refractivity contribution in [1.82, 2.24) is 0 Å². The van der Waals surface area contributed by atoms with Crippen molar-refractivity contribution in [2.45, 2.75) is 10.1 Å². The SMILES string of the molecule is COCC(C(=O)O)S(=O)c1ccccc1. The van der Waals surface area contributed by atoms with Gasteiger partial charge in [-0.25, -0.2) is 0 Å². The van der Waals surface area contributed by atoms with Crippen LogP contribution >= 0.6 is 0 Å².